The lowest BCUT2D eigenvalue weighted by Gasteiger charge is -2.31. The fourth-order valence-corrected chi connectivity index (χ4v) is 6.86. The van der Waals surface area contributed by atoms with Gasteiger partial charge in [-0.25, -0.2) is 0 Å². The second-order valence-electron chi connectivity index (χ2n) is 10.9. The Bertz CT molecular complexity index is 1320. The third kappa shape index (κ3) is 6.86. The third-order valence-corrected chi connectivity index (χ3v) is 8.48. The molecule has 3 rings (SSSR count). The Morgan fingerprint density at radius 3 is 2.26 bits per heavy atom. The fourth-order valence-electron chi connectivity index (χ4n) is 5.05. The molecule has 212 valence electrons. The Morgan fingerprint density at radius 2 is 1.67 bits per heavy atom. The molecule has 0 aliphatic carbocycles. The Labute approximate surface area is 228 Å². The number of hydrogen-bond donors (Lipinski definition) is 3. The zero-order valence-electron chi connectivity index (χ0n) is 23.3. The first-order valence-corrected chi connectivity index (χ1v) is 15.1. The summed E-state index contributed by atoms with van der Waals surface area (Å²) in [7, 11) is -1.34. The van der Waals surface area contributed by atoms with Gasteiger partial charge in [0.2, 0.25) is 19.2 Å². The SMILES string of the molecule is CNC(=O)[C@H](CC(C)C)NC(=O)C(CC(C)C)CP(=O)(O)CN1C(=O)c2cccc3ccc(OC)c(c23)C1=O. The van der Waals surface area contributed by atoms with E-state index in [-0.39, 0.29) is 41.0 Å². The Hall–Kier alpha value is -3.23. The minimum atomic E-state index is -4.23. The molecule has 3 N–H and O–H groups in total. The van der Waals surface area contributed by atoms with Crippen LogP contribution >= 0.6 is 7.37 Å². The number of ether oxygens (including phenoxy) is 1. The summed E-state index contributed by atoms with van der Waals surface area (Å²) in [6.45, 7) is 7.62. The van der Waals surface area contributed by atoms with Gasteiger partial charge in [0.15, 0.2) is 0 Å². The highest BCUT2D eigenvalue weighted by molar-refractivity contribution is 7.58. The number of carbonyl (C=O) groups excluding carboxylic acids is 4. The number of carbonyl (C=O) groups is 4. The molecule has 0 fully saturated rings. The molecule has 1 aliphatic rings. The number of nitrogens with zero attached hydrogens (tertiary/aromatic N) is 1. The number of nitrogens with one attached hydrogen (secondary N) is 2. The third-order valence-electron chi connectivity index (χ3n) is 6.74. The molecule has 1 heterocycles. The van der Waals surface area contributed by atoms with Crippen molar-refractivity contribution in [3.8, 4) is 5.75 Å². The molecule has 0 radical (unpaired) electrons. The lowest BCUT2D eigenvalue weighted by atomic mass is 9.93. The summed E-state index contributed by atoms with van der Waals surface area (Å²) in [4.78, 5) is 64.3. The van der Waals surface area contributed by atoms with Crippen molar-refractivity contribution in [2.75, 3.05) is 26.6 Å². The second-order valence-corrected chi connectivity index (χ2v) is 13.2. The topological polar surface area (TPSA) is 142 Å². The summed E-state index contributed by atoms with van der Waals surface area (Å²) in [5.74, 6) is -2.77. The van der Waals surface area contributed by atoms with Crippen LogP contribution in [0.5, 0.6) is 5.75 Å². The maximum atomic E-state index is 13.6. The summed E-state index contributed by atoms with van der Waals surface area (Å²) in [6.07, 6.45) is -0.499. The van der Waals surface area contributed by atoms with Crippen LogP contribution in [-0.4, -0.2) is 66.1 Å². The van der Waals surface area contributed by atoms with Gasteiger partial charge in [0, 0.05) is 30.1 Å². The number of rotatable bonds is 12. The molecule has 0 aromatic heterocycles. The number of amides is 4. The maximum absolute atomic E-state index is 13.6. The van der Waals surface area contributed by atoms with Crippen LogP contribution in [0.4, 0.5) is 0 Å². The zero-order valence-corrected chi connectivity index (χ0v) is 24.2. The van der Waals surface area contributed by atoms with E-state index in [1.165, 1.54) is 14.2 Å². The monoisotopic (exact) mass is 559 g/mol. The van der Waals surface area contributed by atoms with Gasteiger partial charge >= 0.3 is 0 Å². The molecule has 10 nitrogen and oxygen atoms in total. The first-order valence-electron chi connectivity index (χ1n) is 13.1. The van der Waals surface area contributed by atoms with E-state index in [4.69, 9.17) is 4.74 Å². The van der Waals surface area contributed by atoms with Gasteiger partial charge in [-0.2, -0.15) is 0 Å². The van der Waals surface area contributed by atoms with Crippen LogP contribution in [-0.2, 0) is 14.2 Å². The number of hydrogen-bond acceptors (Lipinski definition) is 6. The molecule has 0 bridgehead atoms. The lowest BCUT2D eigenvalue weighted by Crippen LogP contribution is -2.49. The number of benzene rings is 2. The van der Waals surface area contributed by atoms with Gasteiger partial charge in [0.05, 0.1) is 12.7 Å². The molecular formula is C28H38N3O7P. The predicted molar refractivity (Wildman–Crippen MR) is 149 cm³/mol. The lowest BCUT2D eigenvalue weighted by molar-refractivity contribution is -0.131. The molecule has 2 unspecified atom stereocenters. The van der Waals surface area contributed by atoms with Crippen LogP contribution in [0.1, 0.15) is 61.3 Å². The first-order chi connectivity index (χ1) is 18.3. The van der Waals surface area contributed by atoms with Crippen molar-refractivity contribution < 1.29 is 33.4 Å². The van der Waals surface area contributed by atoms with E-state index < -0.39 is 49.5 Å². The van der Waals surface area contributed by atoms with Crippen LogP contribution in [0.15, 0.2) is 30.3 Å². The average Bonchev–Trinajstić information content (AvgIpc) is 2.87. The molecule has 2 aromatic rings. The van der Waals surface area contributed by atoms with E-state index in [1.54, 1.807) is 30.3 Å². The van der Waals surface area contributed by atoms with Crippen molar-refractivity contribution in [3.63, 3.8) is 0 Å². The van der Waals surface area contributed by atoms with Crippen LogP contribution in [0.3, 0.4) is 0 Å². The van der Waals surface area contributed by atoms with E-state index in [0.717, 1.165) is 4.90 Å². The smallest absolute Gasteiger partial charge is 0.265 e. The summed E-state index contributed by atoms with van der Waals surface area (Å²) in [5.41, 5.74) is 0.392. The normalized spacial score (nSPS) is 16.3. The zero-order chi connectivity index (χ0) is 29.1. The minimum absolute atomic E-state index is 0.0105. The minimum Gasteiger partial charge on any atom is -0.496 e. The van der Waals surface area contributed by atoms with E-state index >= 15 is 0 Å². The number of methoxy groups -OCH3 is 1. The van der Waals surface area contributed by atoms with Gasteiger partial charge in [-0.1, -0.05) is 45.9 Å². The fraction of sp³-hybridized carbons (Fsp3) is 0.500. The molecule has 0 spiro atoms. The van der Waals surface area contributed by atoms with Crippen molar-refractivity contribution in [2.24, 2.45) is 17.8 Å². The Morgan fingerprint density at radius 1 is 1.00 bits per heavy atom. The van der Waals surface area contributed by atoms with E-state index in [0.29, 0.717) is 17.2 Å². The molecular weight excluding hydrogens is 521 g/mol. The molecule has 11 heteroatoms. The van der Waals surface area contributed by atoms with Crippen LogP contribution < -0.4 is 15.4 Å². The van der Waals surface area contributed by atoms with Gasteiger partial charge in [0.1, 0.15) is 18.1 Å². The maximum Gasteiger partial charge on any atom is 0.265 e. The highest BCUT2D eigenvalue weighted by Crippen LogP contribution is 2.46. The molecule has 1 aliphatic heterocycles. The number of likely N-dealkylation sites (N-methyl/N-ethyl adjacent to an activating group) is 1. The molecule has 2 aromatic carbocycles. The van der Waals surface area contributed by atoms with Crippen molar-refractivity contribution >= 4 is 41.8 Å². The van der Waals surface area contributed by atoms with Crippen molar-refractivity contribution in [1.29, 1.82) is 0 Å². The highest BCUT2D eigenvalue weighted by atomic mass is 31.2. The van der Waals surface area contributed by atoms with Crippen LogP contribution in [0, 0.1) is 17.8 Å². The average molecular weight is 560 g/mol. The van der Waals surface area contributed by atoms with Crippen molar-refractivity contribution in [3.05, 3.63) is 41.5 Å². The predicted octanol–water partition coefficient (Wildman–Crippen LogP) is 3.61. The second kappa shape index (κ2) is 12.3. The number of imide groups is 1. The quantitative estimate of drug-likeness (QED) is 0.266. The van der Waals surface area contributed by atoms with Gasteiger partial charge in [0.25, 0.3) is 11.8 Å². The molecule has 39 heavy (non-hydrogen) atoms. The summed E-state index contributed by atoms with van der Waals surface area (Å²) in [6, 6.07) is 7.60. The largest absolute Gasteiger partial charge is 0.496 e. The van der Waals surface area contributed by atoms with E-state index in [1.807, 2.05) is 27.7 Å². The molecule has 0 saturated carbocycles. The standard InChI is InChI=1S/C28H38N3O7P/c1-16(2)12-19(25(32)30-21(13-17(3)4)26(33)29-5)14-39(36,37)15-31-27(34)20-9-7-8-18-10-11-22(38-6)24(23(18)20)28(31)35/h7-11,16-17,19,21H,12-15H2,1-6H3,(H,29,33)(H,30,32)(H,36,37)/t19?,21-/m0/s1. The van der Waals surface area contributed by atoms with Crippen LogP contribution in [0.2, 0.25) is 0 Å². The summed E-state index contributed by atoms with van der Waals surface area (Å²) >= 11 is 0. The van der Waals surface area contributed by atoms with Gasteiger partial charge in [-0.05, 0) is 42.2 Å². The van der Waals surface area contributed by atoms with E-state index in [2.05, 4.69) is 10.6 Å². The van der Waals surface area contributed by atoms with Gasteiger partial charge in [-0.3, -0.25) is 28.6 Å². The highest BCUT2D eigenvalue weighted by Gasteiger charge is 2.40. The van der Waals surface area contributed by atoms with Crippen molar-refractivity contribution in [2.45, 2.75) is 46.6 Å². The van der Waals surface area contributed by atoms with Gasteiger partial charge < -0.3 is 20.3 Å². The summed E-state index contributed by atoms with van der Waals surface area (Å²) < 4.78 is 18.9. The molecule has 4 amide bonds. The Balaban J connectivity index is 1.88. The Kier molecular flexibility index (Phi) is 9.56. The molecule has 3 atom stereocenters. The first kappa shape index (κ1) is 30.3. The summed E-state index contributed by atoms with van der Waals surface area (Å²) in [5, 5.41) is 6.41. The van der Waals surface area contributed by atoms with Crippen LogP contribution in [0.25, 0.3) is 10.8 Å². The van der Waals surface area contributed by atoms with Crippen molar-refractivity contribution in [1.82, 2.24) is 15.5 Å². The molecule has 0 saturated heterocycles. The van der Waals surface area contributed by atoms with Gasteiger partial charge in [-0.15, -0.1) is 0 Å². The van der Waals surface area contributed by atoms with E-state index in [9.17, 15) is 28.6 Å².